The van der Waals surface area contributed by atoms with Crippen LogP contribution >= 0.6 is 0 Å². The molecule has 1 fully saturated rings. The normalized spacial score (nSPS) is 17.9. The van der Waals surface area contributed by atoms with Crippen molar-refractivity contribution in [2.45, 2.75) is 26.3 Å². The molecule has 0 spiro atoms. The average molecular weight is 308 g/mol. The highest BCUT2D eigenvalue weighted by atomic mass is 19.1. The lowest BCUT2D eigenvalue weighted by Crippen LogP contribution is -2.45. The molecule has 2 amide bonds. The largest absolute Gasteiger partial charge is 0.450 e. The van der Waals surface area contributed by atoms with E-state index in [0.717, 1.165) is 12.8 Å². The maximum atomic E-state index is 13.5. The first kappa shape index (κ1) is 16.3. The quantitative estimate of drug-likeness (QED) is 0.928. The zero-order valence-electron chi connectivity index (χ0n) is 12.7. The topological polar surface area (TPSA) is 58.6 Å². The van der Waals surface area contributed by atoms with E-state index in [4.69, 9.17) is 4.74 Å². The van der Waals surface area contributed by atoms with Gasteiger partial charge in [-0.2, -0.15) is 0 Å². The van der Waals surface area contributed by atoms with Gasteiger partial charge in [-0.25, -0.2) is 9.18 Å². The Morgan fingerprint density at radius 1 is 1.41 bits per heavy atom. The SMILES string of the molecule is CCOC(=O)N1CCCC(C(=O)NCc2ccccc2F)C1. The van der Waals surface area contributed by atoms with Gasteiger partial charge in [0.25, 0.3) is 0 Å². The predicted molar refractivity (Wildman–Crippen MR) is 79.6 cm³/mol. The number of carbonyl (C=O) groups is 2. The maximum Gasteiger partial charge on any atom is 0.409 e. The lowest BCUT2D eigenvalue weighted by atomic mass is 9.97. The summed E-state index contributed by atoms with van der Waals surface area (Å²) in [6.07, 6.45) is 1.10. The van der Waals surface area contributed by atoms with E-state index >= 15 is 0 Å². The van der Waals surface area contributed by atoms with E-state index < -0.39 is 0 Å². The van der Waals surface area contributed by atoms with Gasteiger partial charge in [0.2, 0.25) is 5.91 Å². The lowest BCUT2D eigenvalue weighted by Gasteiger charge is -2.31. The van der Waals surface area contributed by atoms with Crippen molar-refractivity contribution in [3.8, 4) is 0 Å². The number of hydrogen-bond donors (Lipinski definition) is 1. The number of piperidine rings is 1. The Morgan fingerprint density at radius 2 is 2.18 bits per heavy atom. The summed E-state index contributed by atoms with van der Waals surface area (Å²) < 4.78 is 18.5. The van der Waals surface area contributed by atoms with Gasteiger partial charge in [-0.15, -0.1) is 0 Å². The Bertz CT molecular complexity index is 536. The molecular weight excluding hydrogens is 287 g/mol. The smallest absolute Gasteiger partial charge is 0.409 e. The minimum atomic E-state index is -0.380. The van der Waals surface area contributed by atoms with Crippen LogP contribution in [0, 0.1) is 11.7 Å². The first-order valence-corrected chi connectivity index (χ1v) is 7.54. The fraction of sp³-hybridized carbons (Fsp3) is 0.500. The van der Waals surface area contributed by atoms with Crippen molar-refractivity contribution in [1.29, 1.82) is 0 Å². The van der Waals surface area contributed by atoms with Crippen LogP contribution in [0.1, 0.15) is 25.3 Å². The lowest BCUT2D eigenvalue weighted by molar-refractivity contribution is -0.126. The summed E-state index contributed by atoms with van der Waals surface area (Å²) in [4.78, 5) is 25.5. The molecule has 0 aliphatic carbocycles. The van der Waals surface area contributed by atoms with Crippen LogP contribution in [-0.2, 0) is 16.1 Å². The molecule has 0 radical (unpaired) electrons. The molecule has 1 aliphatic heterocycles. The molecule has 120 valence electrons. The monoisotopic (exact) mass is 308 g/mol. The second kappa shape index (κ2) is 7.77. The molecule has 22 heavy (non-hydrogen) atoms. The van der Waals surface area contributed by atoms with Crippen LogP contribution in [0.15, 0.2) is 24.3 Å². The Morgan fingerprint density at radius 3 is 2.91 bits per heavy atom. The number of amides is 2. The molecule has 0 saturated carbocycles. The Hall–Kier alpha value is -2.11. The van der Waals surface area contributed by atoms with Gasteiger partial charge in [-0.05, 0) is 25.8 Å². The Kier molecular flexibility index (Phi) is 5.75. The summed E-state index contributed by atoms with van der Waals surface area (Å²) in [6, 6.07) is 6.35. The molecule has 0 bridgehead atoms. The Labute approximate surface area is 129 Å². The second-order valence-corrected chi connectivity index (χ2v) is 5.29. The molecule has 1 N–H and O–H groups in total. The van der Waals surface area contributed by atoms with Crippen LogP contribution in [0.3, 0.4) is 0 Å². The van der Waals surface area contributed by atoms with Gasteiger partial charge in [0.1, 0.15) is 5.82 Å². The molecule has 5 nitrogen and oxygen atoms in total. The van der Waals surface area contributed by atoms with Gasteiger partial charge in [0.15, 0.2) is 0 Å². The highest BCUT2D eigenvalue weighted by Crippen LogP contribution is 2.18. The first-order valence-electron chi connectivity index (χ1n) is 7.54. The van der Waals surface area contributed by atoms with Gasteiger partial charge < -0.3 is 15.0 Å². The molecule has 1 aliphatic rings. The third kappa shape index (κ3) is 4.19. The summed E-state index contributed by atoms with van der Waals surface area (Å²) in [5.74, 6) is -0.762. The molecule has 1 atom stereocenters. The number of nitrogens with zero attached hydrogens (tertiary/aromatic N) is 1. The number of carbonyl (C=O) groups excluding carboxylic acids is 2. The van der Waals surface area contributed by atoms with E-state index in [1.807, 2.05) is 0 Å². The number of ether oxygens (including phenoxy) is 1. The summed E-state index contributed by atoms with van der Waals surface area (Å²) in [5.41, 5.74) is 0.453. The summed E-state index contributed by atoms with van der Waals surface area (Å²) in [7, 11) is 0. The minimum Gasteiger partial charge on any atom is -0.450 e. The van der Waals surface area contributed by atoms with Gasteiger partial charge in [-0.1, -0.05) is 18.2 Å². The van der Waals surface area contributed by atoms with Crippen molar-refractivity contribution in [1.82, 2.24) is 10.2 Å². The summed E-state index contributed by atoms with van der Waals surface area (Å²) >= 11 is 0. The summed E-state index contributed by atoms with van der Waals surface area (Å²) in [6.45, 7) is 3.18. The van der Waals surface area contributed by atoms with Crippen LogP contribution in [0.25, 0.3) is 0 Å². The molecule has 6 heteroatoms. The highest BCUT2D eigenvalue weighted by molar-refractivity contribution is 5.80. The van der Waals surface area contributed by atoms with E-state index in [1.165, 1.54) is 6.07 Å². The predicted octanol–water partition coefficient (Wildman–Crippen LogP) is 2.31. The van der Waals surface area contributed by atoms with Crippen LogP contribution in [0.2, 0.25) is 0 Å². The second-order valence-electron chi connectivity index (χ2n) is 5.29. The molecule has 1 saturated heterocycles. The molecule has 1 aromatic rings. The van der Waals surface area contributed by atoms with Crippen LogP contribution in [-0.4, -0.2) is 36.6 Å². The average Bonchev–Trinajstić information content (AvgIpc) is 2.54. The number of hydrogen-bond acceptors (Lipinski definition) is 3. The zero-order valence-corrected chi connectivity index (χ0v) is 12.7. The van der Waals surface area contributed by atoms with E-state index in [0.29, 0.717) is 25.3 Å². The van der Waals surface area contributed by atoms with Crippen molar-refractivity contribution in [2.75, 3.05) is 19.7 Å². The fourth-order valence-electron chi connectivity index (χ4n) is 2.54. The van der Waals surface area contributed by atoms with Crippen molar-refractivity contribution >= 4 is 12.0 Å². The number of likely N-dealkylation sites (tertiary alicyclic amines) is 1. The molecular formula is C16H21FN2O3. The van der Waals surface area contributed by atoms with E-state index in [1.54, 1.807) is 30.0 Å². The van der Waals surface area contributed by atoms with Crippen LogP contribution in [0.5, 0.6) is 0 Å². The van der Waals surface area contributed by atoms with Gasteiger partial charge in [0.05, 0.1) is 12.5 Å². The molecule has 1 heterocycles. The molecule has 2 rings (SSSR count). The Balaban J connectivity index is 1.87. The standard InChI is InChI=1S/C16H21FN2O3/c1-2-22-16(21)19-9-5-7-13(11-19)15(20)18-10-12-6-3-4-8-14(12)17/h3-4,6,8,13H,2,5,7,9-11H2,1H3,(H,18,20). The minimum absolute atomic E-state index is 0.154. The number of halogens is 1. The van der Waals surface area contributed by atoms with Crippen molar-refractivity contribution in [3.63, 3.8) is 0 Å². The van der Waals surface area contributed by atoms with Gasteiger partial charge in [0, 0.05) is 25.2 Å². The first-order chi connectivity index (χ1) is 10.6. The van der Waals surface area contributed by atoms with E-state index in [2.05, 4.69) is 5.32 Å². The van der Waals surface area contributed by atoms with Gasteiger partial charge in [-0.3, -0.25) is 4.79 Å². The van der Waals surface area contributed by atoms with Crippen molar-refractivity contribution < 1.29 is 18.7 Å². The molecule has 1 unspecified atom stereocenters. The maximum absolute atomic E-state index is 13.5. The third-order valence-corrected chi connectivity index (χ3v) is 3.73. The van der Waals surface area contributed by atoms with Crippen LogP contribution in [0.4, 0.5) is 9.18 Å². The van der Waals surface area contributed by atoms with E-state index in [-0.39, 0.29) is 30.3 Å². The molecule has 0 aromatic heterocycles. The number of benzene rings is 1. The third-order valence-electron chi connectivity index (χ3n) is 3.73. The fourth-order valence-corrected chi connectivity index (χ4v) is 2.54. The van der Waals surface area contributed by atoms with E-state index in [9.17, 15) is 14.0 Å². The van der Waals surface area contributed by atoms with Crippen molar-refractivity contribution in [2.24, 2.45) is 5.92 Å². The van der Waals surface area contributed by atoms with Gasteiger partial charge >= 0.3 is 6.09 Å². The molecule has 1 aromatic carbocycles. The zero-order chi connectivity index (χ0) is 15.9. The highest BCUT2D eigenvalue weighted by Gasteiger charge is 2.28. The van der Waals surface area contributed by atoms with Crippen molar-refractivity contribution in [3.05, 3.63) is 35.6 Å². The summed E-state index contributed by atoms with van der Waals surface area (Å²) in [5, 5.41) is 2.74. The van der Waals surface area contributed by atoms with Crippen LogP contribution < -0.4 is 5.32 Å². The number of nitrogens with one attached hydrogen (secondary N) is 1. The number of rotatable bonds is 4.